The van der Waals surface area contributed by atoms with Gasteiger partial charge in [-0.15, -0.1) is 0 Å². The highest BCUT2D eigenvalue weighted by Gasteiger charge is 2.34. The van der Waals surface area contributed by atoms with Crippen molar-refractivity contribution in [1.82, 2.24) is 0 Å². The highest BCUT2D eigenvalue weighted by molar-refractivity contribution is 6.07. The molecule has 0 bridgehead atoms. The summed E-state index contributed by atoms with van der Waals surface area (Å²) in [4.78, 5) is 13.5. The maximum absolute atomic E-state index is 13.0. The van der Waals surface area contributed by atoms with Crippen LogP contribution >= 0.6 is 0 Å². The molecule has 21 heavy (non-hydrogen) atoms. The molecule has 0 fully saturated rings. The van der Waals surface area contributed by atoms with Crippen LogP contribution in [0.2, 0.25) is 0 Å². The molecule has 0 radical (unpaired) electrons. The lowest BCUT2D eigenvalue weighted by Gasteiger charge is -2.20. The molecule has 0 atom stereocenters. The number of alkyl halides is 3. The summed E-state index contributed by atoms with van der Waals surface area (Å²) in [5.41, 5.74) is 1.17. The summed E-state index contributed by atoms with van der Waals surface area (Å²) in [7, 11) is 0. The van der Waals surface area contributed by atoms with E-state index in [0.29, 0.717) is 5.69 Å². The molecule has 0 saturated carbocycles. The normalized spacial score (nSPS) is 14.5. The minimum atomic E-state index is -4.43. The predicted molar refractivity (Wildman–Crippen MR) is 73.5 cm³/mol. The van der Waals surface area contributed by atoms with Crippen LogP contribution in [0.4, 0.5) is 24.5 Å². The van der Waals surface area contributed by atoms with E-state index in [1.807, 2.05) is 12.1 Å². The molecule has 3 rings (SSSR count). The molecule has 2 aromatic carbocycles. The maximum Gasteiger partial charge on any atom is 0.416 e. The Bertz CT molecular complexity index is 722. The molecular formula is C16H12F3NO. The van der Waals surface area contributed by atoms with Crippen molar-refractivity contribution in [3.05, 3.63) is 59.2 Å². The van der Waals surface area contributed by atoms with Crippen LogP contribution in [-0.4, -0.2) is 5.91 Å². The topological polar surface area (TPSA) is 20.3 Å². The number of amides is 1. The molecule has 0 aliphatic carbocycles. The number of fused-ring (bicyclic) bond motifs is 1. The van der Waals surface area contributed by atoms with Crippen molar-refractivity contribution < 1.29 is 18.0 Å². The van der Waals surface area contributed by atoms with Crippen LogP contribution in [0.5, 0.6) is 0 Å². The second-order valence-electron chi connectivity index (χ2n) is 5.03. The van der Waals surface area contributed by atoms with Gasteiger partial charge in [0.25, 0.3) is 0 Å². The van der Waals surface area contributed by atoms with E-state index < -0.39 is 11.7 Å². The summed E-state index contributed by atoms with van der Waals surface area (Å²) < 4.78 is 39.0. The molecule has 2 aromatic rings. The van der Waals surface area contributed by atoms with Crippen LogP contribution in [0.3, 0.4) is 0 Å². The van der Waals surface area contributed by atoms with E-state index in [1.54, 1.807) is 18.2 Å². The smallest absolute Gasteiger partial charge is 0.280 e. The molecule has 108 valence electrons. The van der Waals surface area contributed by atoms with E-state index >= 15 is 0 Å². The molecular weight excluding hydrogens is 279 g/mol. The Labute approximate surface area is 119 Å². The number of rotatable bonds is 1. The van der Waals surface area contributed by atoms with Gasteiger partial charge in [0.2, 0.25) is 5.91 Å². The number of aryl methyl sites for hydroxylation is 1. The Balaban J connectivity index is 2.12. The van der Waals surface area contributed by atoms with E-state index in [4.69, 9.17) is 0 Å². The van der Waals surface area contributed by atoms with Crippen LogP contribution in [0, 0.1) is 6.92 Å². The van der Waals surface area contributed by atoms with Crippen molar-refractivity contribution >= 4 is 17.3 Å². The predicted octanol–water partition coefficient (Wildman–Crippen LogP) is 4.23. The minimum absolute atomic E-state index is 0.145. The minimum Gasteiger partial charge on any atom is -0.280 e. The summed E-state index contributed by atoms with van der Waals surface area (Å²) in [6, 6.07) is 11.1. The highest BCUT2D eigenvalue weighted by Crippen LogP contribution is 2.39. The number of hydrogen-bond acceptors (Lipinski definition) is 1. The summed E-state index contributed by atoms with van der Waals surface area (Å²) in [6.45, 7) is 1.41. The molecule has 0 unspecified atom stereocenters. The van der Waals surface area contributed by atoms with Gasteiger partial charge in [-0.1, -0.05) is 24.3 Å². The third-order valence-corrected chi connectivity index (χ3v) is 3.61. The molecule has 1 amide bonds. The van der Waals surface area contributed by atoms with Crippen molar-refractivity contribution in [3.63, 3.8) is 0 Å². The fourth-order valence-corrected chi connectivity index (χ4v) is 2.59. The molecule has 0 aromatic heterocycles. The van der Waals surface area contributed by atoms with Gasteiger partial charge in [0.1, 0.15) is 0 Å². The standard InChI is InChI=1S/C16H12F3NO/c1-10-6-7-12(9-13(10)16(17,18)19)20-14-5-3-2-4-11(14)8-15(20)21/h2-7,9H,8H2,1H3. The first kappa shape index (κ1) is 13.7. The van der Waals surface area contributed by atoms with Gasteiger partial charge in [-0.3, -0.25) is 9.69 Å². The van der Waals surface area contributed by atoms with Gasteiger partial charge in [0.15, 0.2) is 0 Å². The Morgan fingerprint density at radius 2 is 1.81 bits per heavy atom. The number of nitrogens with zero attached hydrogens (tertiary/aromatic N) is 1. The van der Waals surface area contributed by atoms with Crippen molar-refractivity contribution in [3.8, 4) is 0 Å². The number of carbonyl (C=O) groups excluding carboxylic acids is 1. The van der Waals surface area contributed by atoms with Crippen molar-refractivity contribution in [1.29, 1.82) is 0 Å². The van der Waals surface area contributed by atoms with Gasteiger partial charge < -0.3 is 0 Å². The number of para-hydroxylation sites is 1. The monoisotopic (exact) mass is 291 g/mol. The zero-order valence-electron chi connectivity index (χ0n) is 11.2. The van der Waals surface area contributed by atoms with Gasteiger partial charge in [0.05, 0.1) is 17.7 Å². The summed E-state index contributed by atoms with van der Waals surface area (Å²) in [6.07, 6.45) is -4.21. The zero-order chi connectivity index (χ0) is 15.2. The fourth-order valence-electron chi connectivity index (χ4n) is 2.59. The Hall–Kier alpha value is -2.30. The average Bonchev–Trinajstić information content (AvgIpc) is 2.74. The number of hydrogen-bond donors (Lipinski definition) is 0. The molecule has 0 saturated heterocycles. The van der Waals surface area contributed by atoms with Gasteiger partial charge in [-0.25, -0.2) is 0 Å². The third-order valence-electron chi connectivity index (χ3n) is 3.61. The Morgan fingerprint density at radius 3 is 2.52 bits per heavy atom. The zero-order valence-corrected chi connectivity index (χ0v) is 11.2. The van der Waals surface area contributed by atoms with E-state index in [0.717, 1.165) is 11.6 Å². The van der Waals surface area contributed by atoms with E-state index in [9.17, 15) is 18.0 Å². The van der Waals surface area contributed by atoms with Gasteiger partial charge >= 0.3 is 6.18 Å². The summed E-state index contributed by atoms with van der Waals surface area (Å²) in [5, 5.41) is 0. The Kier molecular flexibility index (Phi) is 3.01. The lowest BCUT2D eigenvalue weighted by molar-refractivity contribution is -0.138. The lowest BCUT2D eigenvalue weighted by Crippen LogP contribution is -2.21. The first-order chi connectivity index (χ1) is 9.88. The molecule has 1 aliphatic rings. The number of halogens is 3. The van der Waals surface area contributed by atoms with E-state index in [2.05, 4.69) is 0 Å². The number of benzene rings is 2. The van der Waals surface area contributed by atoms with Gasteiger partial charge in [-0.05, 0) is 36.2 Å². The highest BCUT2D eigenvalue weighted by atomic mass is 19.4. The van der Waals surface area contributed by atoms with Crippen LogP contribution in [-0.2, 0) is 17.4 Å². The maximum atomic E-state index is 13.0. The average molecular weight is 291 g/mol. The Morgan fingerprint density at radius 1 is 1.10 bits per heavy atom. The molecule has 2 nitrogen and oxygen atoms in total. The van der Waals surface area contributed by atoms with Crippen molar-refractivity contribution in [2.75, 3.05) is 4.90 Å². The van der Waals surface area contributed by atoms with Crippen LogP contribution in [0.15, 0.2) is 42.5 Å². The van der Waals surface area contributed by atoms with E-state index in [1.165, 1.54) is 17.9 Å². The number of anilines is 2. The van der Waals surface area contributed by atoms with Crippen molar-refractivity contribution in [2.45, 2.75) is 19.5 Å². The first-order valence-electron chi connectivity index (χ1n) is 6.46. The van der Waals surface area contributed by atoms with Gasteiger partial charge in [-0.2, -0.15) is 13.2 Å². The first-order valence-corrected chi connectivity index (χ1v) is 6.46. The summed E-state index contributed by atoms with van der Waals surface area (Å²) in [5.74, 6) is -0.215. The second-order valence-corrected chi connectivity index (χ2v) is 5.03. The SMILES string of the molecule is Cc1ccc(N2C(=O)Cc3ccccc32)cc1C(F)(F)F. The van der Waals surface area contributed by atoms with Crippen molar-refractivity contribution in [2.24, 2.45) is 0 Å². The molecule has 5 heteroatoms. The number of carbonyl (C=O) groups is 1. The van der Waals surface area contributed by atoms with E-state index in [-0.39, 0.29) is 23.6 Å². The lowest BCUT2D eigenvalue weighted by atomic mass is 10.1. The third kappa shape index (κ3) is 2.28. The quantitative estimate of drug-likeness (QED) is 0.769. The fraction of sp³-hybridized carbons (Fsp3) is 0.188. The molecule has 0 N–H and O–H groups in total. The molecule has 0 spiro atoms. The molecule has 1 heterocycles. The second kappa shape index (κ2) is 4.62. The van der Waals surface area contributed by atoms with Crippen LogP contribution in [0.25, 0.3) is 0 Å². The molecule has 1 aliphatic heterocycles. The van der Waals surface area contributed by atoms with Crippen LogP contribution < -0.4 is 4.90 Å². The van der Waals surface area contributed by atoms with Crippen LogP contribution in [0.1, 0.15) is 16.7 Å². The van der Waals surface area contributed by atoms with Gasteiger partial charge in [0, 0.05) is 5.69 Å². The largest absolute Gasteiger partial charge is 0.416 e. The summed E-state index contributed by atoms with van der Waals surface area (Å²) >= 11 is 0.